The van der Waals surface area contributed by atoms with Crippen LogP contribution in [0.1, 0.15) is 12.6 Å². The maximum atomic E-state index is 11.1. The van der Waals surface area contributed by atoms with Crippen molar-refractivity contribution in [3.05, 3.63) is 40.2 Å². The van der Waals surface area contributed by atoms with Crippen molar-refractivity contribution < 1.29 is 10.0 Å². The van der Waals surface area contributed by atoms with Crippen LogP contribution in [0.15, 0.2) is 24.4 Å². The number of anilines is 1. The second-order valence-electron chi connectivity index (χ2n) is 5.59. The lowest BCUT2D eigenvalue weighted by molar-refractivity contribution is -0.383. The number of non-ortho nitro benzene ring substituents is 1. The number of aryl methyl sites for hydroxylation is 1. The molecule has 0 bridgehead atoms. The first-order chi connectivity index (χ1) is 9.37. The van der Waals surface area contributed by atoms with E-state index in [1.807, 2.05) is 17.9 Å². The quantitative estimate of drug-likeness (QED) is 0.669. The van der Waals surface area contributed by atoms with Gasteiger partial charge in [0.1, 0.15) is 0 Å². The molecule has 1 aromatic heterocycles. The Morgan fingerprint density at radius 3 is 2.70 bits per heavy atom. The first kappa shape index (κ1) is 12.8. The molecule has 1 fully saturated rings. The minimum absolute atomic E-state index is 0.0588. The van der Waals surface area contributed by atoms with Crippen LogP contribution in [0.3, 0.4) is 0 Å². The van der Waals surface area contributed by atoms with Crippen LogP contribution in [0.2, 0.25) is 0 Å². The topological polar surface area (TPSA) is 79.5 Å². The summed E-state index contributed by atoms with van der Waals surface area (Å²) in [7, 11) is 0. The van der Waals surface area contributed by atoms with E-state index in [0.29, 0.717) is 18.5 Å². The number of nitrogens with zero attached hydrogens (tertiary/aromatic N) is 3. The summed E-state index contributed by atoms with van der Waals surface area (Å²) in [4.78, 5) is 16.9. The number of aliphatic hydroxyl groups is 1. The predicted octanol–water partition coefficient (Wildman–Crippen LogP) is 2.02. The number of benzene rings is 1. The highest BCUT2D eigenvalue weighted by Crippen LogP contribution is 2.37. The number of aromatic nitrogens is 1. The van der Waals surface area contributed by atoms with Crippen LogP contribution in [0, 0.1) is 17.0 Å². The summed E-state index contributed by atoms with van der Waals surface area (Å²) in [5.74, 6) is 0. The number of nitro benzene ring substituents is 1. The maximum absolute atomic E-state index is 11.1. The summed E-state index contributed by atoms with van der Waals surface area (Å²) >= 11 is 0. The molecule has 3 rings (SSSR count). The van der Waals surface area contributed by atoms with Gasteiger partial charge in [-0.15, -0.1) is 0 Å². The second-order valence-corrected chi connectivity index (χ2v) is 5.59. The van der Waals surface area contributed by atoms with E-state index < -0.39 is 10.5 Å². The Hall–Kier alpha value is -2.21. The minimum Gasteiger partial charge on any atom is -0.386 e. The molecule has 104 valence electrons. The van der Waals surface area contributed by atoms with Crippen molar-refractivity contribution in [2.24, 2.45) is 0 Å². The van der Waals surface area contributed by atoms with Gasteiger partial charge in [-0.1, -0.05) is 0 Å². The molecule has 0 radical (unpaired) electrons. The lowest BCUT2D eigenvalue weighted by Gasteiger charge is -2.46. The zero-order chi connectivity index (χ0) is 14.5. The SMILES string of the molecule is Cc1cc2c(N3CC(C)(O)C3)ccc([N+](=O)[O-])c2cn1. The fourth-order valence-electron chi connectivity index (χ4n) is 2.69. The second kappa shape index (κ2) is 4.14. The Balaban J connectivity index is 2.17. The van der Waals surface area contributed by atoms with E-state index in [1.54, 1.807) is 19.2 Å². The highest BCUT2D eigenvalue weighted by molar-refractivity contribution is 6.00. The summed E-state index contributed by atoms with van der Waals surface area (Å²) in [6.45, 7) is 4.70. The maximum Gasteiger partial charge on any atom is 0.278 e. The van der Waals surface area contributed by atoms with E-state index >= 15 is 0 Å². The number of pyridine rings is 1. The molecule has 0 amide bonds. The van der Waals surface area contributed by atoms with Gasteiger partial charge in [0.05, 0.1) is 15.9 Å². The van der Waals surface area contributed by atoms with Crippen LogP contribution in [-0.4, -0.2) is 33.7 Å². The summed E-state index contributed by atoms with van der Waals surface area (Å²) in [5, 5.41) is 22.3. The average molecular weight is 273 g/mol. The molecule has 0 saturated carbocycles. The van der Waals surface area contributed by atoms with Crippen LogP contribution >= 0.6 is 0 Å². The summed E-state index contributed by atoms with van der Waals surface area (Å²) < 4.78 is 0. The molecule has 20 heavy (non-hydrogen) atoms. The Kier molecular flexibility index (Phi) is 2.65. The number of hydrogen-bond donors (Lipinski definition) is 1. The van der Waals surface area contributed by atoms with Gasteiger partial charge in [-0.2, -0.15) is 0 Å². The third kappa shape index (κ3) is 1.98. The zero-order valence-electron chi connectivity index (χ0n) is 11.3. The van der Waals surface area contributed by atoms with Gasteiger partial charge in [-0.3, -0.25) is 15.1 Å². The Bertz CT molecular complexity index is 704. The van der Waals surface area contributed by atoms with Crippen molar-refractivity contribution in [3.8, 4) is 0 Å². The molecule has 1 aromatic carbocycles. The van der Waals surface area contributed by atoms with E-state index in [1.165, 1.54) is 6.07 Å². The average Bonchev–Trinajstić information content (AvgIpc) is 2.34. The fourth-order valence-corrected chi connectivity index (χ4v) is 2.69. The monoisotopic (exact) mass is 273 g/mol. The first-order valence-electron chi connectivity index (χ1n) is 6.38. The molecular formula is C14H15N3O3. The molecule has 1 aliphatic heterocycles. The van der Waals surface area contributed by atoms with Crippen LogP contribution in [-0.2, 0) is 0 Å². The van der Waals surface area contributed by atoms with Crippen LogP contribution < -0.4 is 4.90 Å². The molecule has 6 heteroatoms. The number of fused-ring (bicyclic) bond motifs is 1. The standard InChI is InChI=1S/C14H15N3O3/c1-9-5-10-11(6-15-9)13(17(19)20)4-3-12(10)16-7-14(2,18)8-16/h3-6,18H,7-8H2,1-2H3. The Labute approximate surface area is 115 Å². The van der Waals surface area contributed by atoms with Gasteiger partial charge in [-0.05, 0) is 26.0 Å². The van der Waals surface area contributed by atoms with Gasteiger partial charge in [0.25, 0.3) is 5.69 Å². The summed E-state index contributed by atoms with van der Waals surface area (Å²) in [5.41, 5.74) is 1.09. The Morgan fingerprint density at radius 1 is 1.40 bits per heavy atom. The van der Waals surface area contributed by atoms with E-state index in [0.717, 1.165) is 16.8 Å². The van der Waals surface area contributed by atoms with Gasteiger partial charge in [0, 0.05) is 42.1 Å². The molecule has 1 saturated heterocycles. The molecule has 0 spiro atoms. The first-order valence-corrected chi connectivity index (χ1v) is 6.38. The molecule has 0 unspecified atom stereocenters. The molecule has 2 aromatic rings. The molecular weight excluding hydrogens is 258 g/mol. The van der Waals surface area contributed by atoms with E-state index in [9.17, 15) is 15.2 Å². The Morgan fingerprint density at radius 2 is 2.10 bits per heavy atom. The van der Waals surface area contributed by atoms with Crippen molar-refractivity contribution in [2.45, 2.75) is 19.4 Å². The fraction of sp³-hybridized carbons (Fsp3) is 0.357. The summed E-state index contributed by atoms with van der Waals surface area (Å²) in [6.07, 6.45) is 1.55. The molecule has 6 nitrogen and oxygen atoms in total. The molecule has 0 atom stereocenters. The number of nitro groups is 1. The minimum atomic E-state index is -0.684. The third-order valence-corrected chi connectivity index (χ3v) is 3.59. The smallest absolute Gasteiger partial charge is 0.278 e. The predicted molar refractivity (Wildman–Crippen MR) is 76.0 cm³/mol. The molecule has 1 aliphatic rings. The molecule has 0 aliphatic carbocycles. The van der Waals surface area contributed by atoms with Crippen molar-refractivity contribution >= 4 is 22.1 Å². The van der Waals surface area contributed by atoms with E-state index in [-0.39, 0.29) is 5.69 Å². The van der Waals surface area contributed by atoms with E-state index in [4.69, 9.17) is 0 Å². The van der Waals surface area contributed by atoms with Crippen LogP contribution in [0.4, 0.5) is 11.4 Å². The highest BCUT2D eigenvalue weighted by Gasteiger charge is 2.37. The van der Waals surface area contributed by atoms with Gasteiger partial charge < -0.3 is 10.0 Å². The lowest BCUT2D eigenvalue weighted by atomic mass is 9.94. The van der Waals surface area contributed by atoms with E-state index in [2.05, 4.69) is 4.98 Å². The zero-order valence-corrected chi connectivity index (χ0v) is 11.3. The van der Waals surface area contributed by atoms with Gasteiger partial charge >= 0.3 is 0 Å². The van der Waals surface area contributed by atoms with Crippen LogP contribution in [0.5, 0.6) is 0 Å². The number of rotatable bonds is 2. The van der Waals surface area contributed by atoms with Crippen molar-refractivity contribution in [2.75, 3.05) is 18.0 Å². The number of β-amino-alcohol motifs (C(OH)–C–C–N with tert-alkyl or cyclic N) is 1. The van der Waals surface area contributed by atoms with Gasteiger partial charge in [0.15, 0.2) is 0 Å². The van der Waals surface area contributed by atoms with Crippen molar-refractivity contribution in [1.29, 1.82) is 0 Å². The third-order valence-electron chi connectivity index (χ3n) is 3.59. The van der Waals surface area contributed by atoms with Crippen molar-refractivity contribution in [1.82, 2.24) is 4.98 Å². The van der Waals surface area contributed by atoms with Crippen molar-refractivity contribution in [3.63, 3.8) is 0 Å². The van der Waals surface area contributed by atoms with Gasteiger partial charge in [0.2, 0.25) is 0 Å². The lowest BCUT2D eigenvalue weighted by Crippen LogP contribution is -2.60. The summed E-state index contributed by atoms with van der Waals surface area (Å²) in [6, 6.07) is 5.10. The molecule has 2 heterocycles. The number of hydrogen-bond acceptors (Lipinski definition) is 5. The van der Waals surface area contributed by atoms with Gasteiger partial charge in [-0.25, -0.2) is 0 Å². The van der Waals surface area contributed by atoms with Crippen LogP contribution in [0.25, 0.3) is 10.8 Å². The molecule has 1 N–H and O–H groups in total. The highest BCUT2D eigenvalue weighted by atomic mass is 16.6. The largest absolute Gasteiger partial charge is 0.386 e. The normalized spacial score (nSPS) is 17.1.